The van der Waals surface area contributed by atoms with Gasteiger partial charge in [-0.3, -0.25) is 0 Å². The van der Waals surface area contributed by atoms with Crippen molar-refractivity contribution in [3.8, 4) is 11.5 Å². The third-order valence-corrected chi connectivity index (χ3v) is 4.20. The van der Waals surface area contributed by atoms with E-state index in [4.69, 9.17) is 9.47 Å². The largest absolute Gasteiger partial charge is 0.486 e. The van der Waals surface area contributed by atoms with Gasteiger partial charge in [0.25, 0.3) is 0 Å². The molecule has 0 saturated heterocycles. The number of ether oxygens (including phenoxy) is 2. The number of alkyl halides is 1. The van der Waals surface area contributed by atoms with Gasteiger partial charge in [-0.2, -0.15) is 0 Å². The molecule has 0 spiro atoms. The van der Waals surface area contributed by atoms with Crippen molar-refractivity contribution in [3.63, 3.8) is 0 Å². The van der Waals surface area contributed by atoms with Crippen molar-refractivity contribution in [3.05, 3.63) is 23.8 Å². The second-order valence-corrected chi connectivity index (χ2v) is 5.48. The Hall–Kier alpha value is -0.700. The van der Waals surface area contributed by atoms with E-state index < -0.39 is 0 Å². The first-order chi connectivity index (χ1) is 7.62. The van der Waals surface area contributed by atoms with Crippen molar-refractivity contribution >= 4 is 15.9 Å². The van der Waals surface area contributed by atoms with Crippen molar-refractivity contribution in [1.29, 1.82) is 0 Å². The second kappa shape index (κ2) is 4.66. The molecule has 0 bridgehead atoms. The topological polar surface area (TPSA) is 18.5 Å². The summed E-state index contributed by atoms with van der Waals surface area (Å²) in [4.78, 5) is 0. The van der Waals surface area contributed by atoms with Crippen LogP contribution >= 0.6 is 15.9 Å². The van der Waals surface area contributed by atoms with Crippen LogP contribution in [0.25, 0.3) is 0 Å². The molecule has 0 N–H and O–H groups in total. The highest BCUT2D eigenvalue weighted by molar-refractivity contribution is 9.09. The number of hydrogen-bond acceptors (Lipinski definition) is 2. The lowest BCUT2D eigenvalue weighted by atomic mass is 9.87. The molecule has 0 radical (unpaired) electrons. The van der Waals surface area contributed by atoms with Crippen LogP contribution in [0.2, 0.25) is 0 Å². The molecule has 2 rings (SSSR count). The van der Waals surface area contributed by atoms with E-state index in [0.717, 1.165) is 23.2 Å². The molecule has 0 aliphatic carbocycles. The monoisotopic (exact) mass is 284 g/mol. The quantitative estimate of drug-likeness (QED) is 0.792. The fourth-order valence-corrected chi connectivity index (χ4v) is 2.03. The molecule has 0 unspecified atom stereocenters. The minimum absolute atomic E-state index is 0.232. The summed E-state index contributed by atoms with van der Waals surface area (Å²) in [6.07, 6.45) is 0.991. The molecule has 1 aliphatic rings. The SMILES string of the molecule is CC(C)(CBr)Cc1cccc2c1OCCO2. The number of fused-ring (bicyclic) bond motifs is 1. The van der Waals surface area contributed by atoms with Crippen LogP contribution in [0.5, 0.6) is 11.5 Å². The number of hydrogen-bond donors (Lipinski definition) is 0. The molecule has 1 heterocycles. The highest BCUT2D eigenvalue weighted by atomic mass is 79.9. The average molecular weight is 285 g/mol. The third-order valence-electron chi connectivity index (χ3n) is 2.68. The predicted octanol–water partition coefficient (Wildman–Crippen LogP) is 3.42. The predicted molar refractivity (Wildman–Crippen MR) is 68.7 cm³/mol. The van der Waals surface area contributed by atoms with E-state index in [2.05, 4.69) is 35.8 Å². The molecule has 88 valence electrons. The average Bonchev–Trinajstić information content (AvgIpc) is 2.29. The van der Waals surface area contributed by atoms with Gasteiger partial charge in [0.15, 0.2) is 11.5 Å². The summed E-state index contributed by atoms with van der Waals surface area (Å²) in [7, 11) is 0. The minimum atomic E-state index is 0.232. The third kappa shape index (κ3) is 2.51. The van der Waals surface area contributed by atoms with Gasteiger partial charge in [0.05, 0.1) is 0 Å². The van der Waals surface area contributed by atoms with Crippen LogP contribution in [0.3, 0.4) is 0 Å². The van der Waals surface area contributed by atoms with Crippen molar-refractivity contribution < 1.29 is 9.47 Å². The first kappa shape index (κ1) is 11.8. The van der Waals surface area contributed by atoms with E-state index in [1.54, 1.807) is 0 Å². The standard InChI is InChI=1S/C13H17BrO2/c1-13(2,9-14)8-10-4-3-5-11-12(10)16-7-6-15-11/h3-5H,6-9H2,1-2H3. The Labute approximate surface area is 105 Å². The molecule has 0 saturated carbocycles. The Morgan fingerprint density at radius 3 is 2.75 bits per heavy atom. The Morgan fingerprint density at radius 1 is 1.25 bits per heavy atom. The highest BCUT2D eigenvalue weighted by Gasteiger charge is 2.22. The van der Waals surface area contributed by atoms with Gasteiger partial charge in [0.1, 0.15) is 13.2 Å². The maximum absolute atomic E-state index is 5.70. The molecule has 0 aromatic heterocycles. The molecule has 1 aromatic carbocycles. The van der Waals surface area contributed by atoms with Gasteiger partial charge in [0, 0.05) is 5.33 Å². The zero-order valence-electron chi connectivity index (χ0n) is 9.75. The van der Waals surface area contributed by atoms with Gasteiger partial charge < -0.3 is 9.47 Å². The normalized spacial score (nSPS) is 14.9. The number of rotatable bonds is 3. The minimum Gasteiger partial charge on any atom is -0.486 e. The van der Waals surface area contributed by atoms with Gasteiger partial charge in [-0.05, 0) is 23.5 Å². The molecular formula is C13H17BrO2. The Bertz CT molecular complexity index is 374. The molecule has 1 aromatic rings. The molecule has 2 nitrogen and oxygen atoms in total. The summed E-state index contributed by atoms with van der Waals surface area (Å²) in [6, 6.07) is 6.13. The summed E-state index contributed by atoms with van der Waals surface area (Å²) in [6.45, 7) is 5.78. The van der Waals surface area contributed by atoms with E-state index in [-0.39, 0.29) is 5.41 Å². The zero-order valence-corrected chi connectivity index (χ0v) is 11.3. The van der Waals surface area contributed by atoms with E-state index in [1.165, 1.54) is 5.56 Å². The van der Waals surface area contributed by atoms with Gasteiger partial charge in [-0.15, -0.1) is 0 Å². The maximum Gasteiger partial charge on any atom is 0.164 e. The lowest BCUT2D eigenvalue weighted by molar-refractivity contribution is 0.169. The van der Waals surface area contributed by atoms with Gasteiger partial charge in [0.2, 0.25) is 0 Å². The van der Waals surface area contributed by atoms with Crippen LogP contribution in [0.1, 0.15) is 19.4 Å². The van der Waals surface area contributed by atoms with Crippen LogP contribution < -0.4 is 9.47 Å². The molecule has 0 amide bonds. The molecule has 1 aliphatic heterocycles. The number of benzene rings is 1. The fraction of sp³-hybridized carbons (Fsp3) is 0.538. The molecule has 3 heteroatoms. The van der Waals surface area contributed by atoms with E-state index in [9.17, 15) is 0 Å². The summed E-state index contributed by atoms with van der Waals surface area (Å²) >= 11 is 3.55. The summed E-state index contributed by atoms with van der Waals surface area (Å²) < 4.78 is 11.3. The lowest BCUT2D eigenvalue weighted by Gasteiger charge is -2.26. The molecule has 0 fully saturated rings. The van der Waals surface area contributed by atoms with Gasteiger partial charge >= 0.3 is 0 Å². The Balaban J connectivity index is 2.27. The number of halogens is 1. The Kier molecular flexibility index (Phi) is 3.43. The number of para-hydroxylation sites is 1. The Morgan fingerprint density at radius 2 is 2.00 bits per heavy atom. The lowest BCUT2D eigenvalue weighted by Crippen LogP contribution is -2.20. The maximum atomic E-state index is 5.70. The second-order valence-electron chi connectivity index (χ2n) is 4.92. The van der Waals surface area contributed by atoms with Crippen molar-refractivity contribution in [1.82, 2.24) is 0 Å². The van der Waals surface area contributed by atoms with Crippen LogP contribution in [-0.4, -0.2) is 18.5 Å². The van der Waals surface area contributed by atoms with Crippen molar-refractivity contribution in [2.24, 2.45) is 5.41 Å². The van der Waals surface area contributed by atoms with Crippen molar-refractivity contribution in [2.75, 3.05) is 18.5 Å². The highest BCUT2D eigenvalue weighted by Crippen LogP contribution is 2.37. The molecule has 16 heavy (non-hydrogen) atoms. The van der Waals surface area contributed by atoms with Gasteiger partial charge in [-0.1, -0.05) is 41.9 Å². The first-order valence-corrected chi connectivity index (χ1v) is 6.68. The van der Waals surface area contributed by atoms with Crippen LogP contribution in [-0.2, 0) is 6.42 Å². The van der Waals surface area contributed by atoms with Crippen LogP contribution in [0.4, 0.5) is 0 Å². The molecular weight excluding hydrogens is 268 g/mol. The van der Waals surface area contributed by atoms with Crippen LogP contribution in [0, 0.1) is 5.41 Å². The van der Waals surface area contributed by atoms with E-state index >= 15 is 0 Å². The van der Waals surface area contributed by atoms with Crippen LogP contribution in [0.15, 0.2) is 18.2 Å². The zero-order chi connectivity index (χ0) is 11.6. The van der Waals surface area contributed by atoms with Crippen molar-refractivity contribution in [2.45, 2.75) is 20.3 Å². The summed E-state index contributed by atoms with van der Waals surface area (Å²) in [5.74, 6) is 1.82. The summed E-state index contributed by atoms with van der Waals surface area (Å²) in [5, 5.41) is 0.977. The molecule has 0 atom stereocenters. The fourth-order valence-electron chi connectivity index (χ4n) is 1.84. The van der Waals surface area contributed by atoms with E-state index in [0.29, 0.717) is 13.2 Å². The smallest absolute Gasteiger partial charge is 0.164 e. The van der Waals surface area contributed by atoms with E-state index in [1.807, 2.05) is 12.1 Å². The summed E-state index contributed by atoms with van der Waals surface area (Å²) in [5.41, 5.74) is 1.47. The van der Waals surface area contributed by atoms with Gasteiger partial charge in [-0.25, -0.2) is 0 Å². The first-order valence-electron chi connectivity index (χ1n) is 5.56.